The minimum absolute atomic E-state index is 0.275. The van der Waals surface area contributed by atoms with E-state index >= 15 is 0 Å². The largest absolute Gasteiger partial charge is 0.389 e. The smallest absolute Gasteiger partial charge is 0.255 e. The van der Waals surface area contributed by atoms with Crippen LogP contribution in [0.4, 0.5) is 10.1 Å². The van der Waals surface area contributed by atoms with E-state index in [9.17, 15) is 9.18 Å². The molecule has 2 aromatic carbocycles. The van der Waals surface area contributed by atoms with Crippen LogP contribution in [0.3, 0.4) is 0 Å². The third-order valence-corrected chi connectivity index (χ3v) is 2.75. The van der Waals surface area contributed by atoms with E-state index in [2.05, 4.69) is 5.32 Å². The van der Waals surface area contributed by atoms with E-state index in [1.54, 1.807) is 30.3 Å². The Labute approximate surface area is 115 Å². The number of halogens is 1. The molecule has 0 aliphatic heterocycles. The van der Waals surface area contributed by atoms with E-state index in [4.69, 9.17) is 18.0 Å². The van der Waals surface area contributed by atoms with Crippen LogP contribution in [0.5, 0.6) is 0 Å². The summed E-state index contributed by atoms with van der Waals surface area (Å²) in [4.78, 5) is 12.2. The predicted octanol–water partition coefficient (Wildman–Crippen LogP) is 2.71. The molecular formula is C14H11FN2OS. The highest BCUT2D eigenvalue weighted by Gasteiger charge is 2.07. The van der Waals surface area contributed by atoms with Crippen molar-refractivity contribution in [1.82, 2.24) is 0 Å². The van der Waals surface area contributed by atoms with Gasteiger partial charge in [-0.1, -0.05) is 30.4 Å². The number of carbonyl (C=O) groups excluding carboxylic acids is 1. The second kappa shape index (κ2) is 5.58. The number of nitrogens with two attached hydrogens (primary N) is 1. The van der Waals surface area contributed by atoms with Gasteiger partial charge in [0.05, 0.1) is 0 Å². The summed E-state index contributed by atoms with van der Waals surface area (Å²) in [6.07, 6.45) is 0. The summed E-state index contributed by atoms with van der Waals surface area (Å²) in [6.45, 7) is 0. The lowest BCUT2D eigenvalue weighted by Crippen LogP contribution is -2.13. The lowest BCUT2D eigenvalue weighted by atomic mass is 10.1. The molecule has 0 saturated carbocycles. The molecule has 19 heavy (non-hydrogen) atoms. The van der Waals surface area contributed by atoms with Crippen molar-refractivity contribution in [2.45, 2.75) is 0 Å². The molecular weight excluding hydrogens is 263 g/mol. The van der Waals surface area contributed by atoms with Gasteiger partial charge >= 0.3 is 0 Å². The van der Waals surface area contributed by atoms with E-state index in [1.165, 1.54) is 18.2 Å². The molecule has 5 heteroatoms. The molecule has 3 nitrogen and oxygen atoms in total. The summed E-state index contributed by atoms with van der Waals surface area (Å²) in [5, 5.41) is 2.60. The summed E-state index contributed by atoms with van der Waals surface area (Å²) in [5.74, 6) is -0.721. The average Bonchev–Trinajstić information content (AvgIpc) is 2.39. The molecule has 0 unspecified atom stereocenters. The van der Waals surface area contributed by atoms with Gasteiger partial charge in [-0.3, -0.25) is 4.79 Å². The highest BCUT2D eigenvalue weighted by Crippen LogP contribution is 2.12. The second-order valence-corrected chi connectivity index (χ2v) is 4.35. The fraction of sp³-hybridized carbons (Fsp3) is 0. The molecule has 0 aliphatic carbocycles. The van der Waals surface area contributed by atoms with Crippen LogP contribution in [0.25, 0.3) is 0 Å². The summed E-state index contributed by atoms with van der Waals surface area (Å²) >= 11 is 4.83. The maximum Gasteiger partial charge on any atom is 0.255 e. The number of nitrogens with one attached hydrogen (secondary N) is 1. The van der Waals surface area contributed by atoms with Gasteiger partial charge in [0.25, 0.3) is 5.91 Å². The zero-order chi connectivity index (χ0) is 13.8. The van der Waals surface area contributed by atoms with Gasteiger partial charge in [0.2, 0.25) is 0 Å². The lowest BCUT2D eigenvalue weighted by molar-refractivity contribution is 0.102. The van der Waals surface area contributed by atoms with E-state index in [0.29, 0.717) is 16.8 Å². The standard InChI is InChI=1S/C14H11FN2OS/c15-11-2-1-3-12(8-11)17-14(18)10-6-4-9(5-7-10)13(16)19/h1-8H,(H2,16,19)(H,17,18). The lowest BCUT2D eigenvalue weighted by Gasteiger charge is -2.06. The van der Waals surface area contributed by atoms with Crippen molar-refractivity contribution in [3.8, 4) is 0 Å². The van der Waals surface area contributed by atoms with Crippen molar-refractivity contribution in [1.29, 1.82) is 0 Å². The molecule has 1 amide bonds. The summed E-state index contributed by atoms with van der Waals surface area (Å²) in [7, 11) is 0. The molecule has 0 radical (unpaired) electrons. The zero-order valence-electron chi connectivity index (χ0n) is 9.89. The molecule has 0 aliphatic rings. The average molecular weight is 274 g/mol. The normalized spacial score (nSPS) is 9.95. The number of hydrogen-bond acceptors (Lipinski definition) is 2. The Hall–Kier alpha value is -2.27. The van der Waals surface area contributed by atoms with Crippen LogP contribution >= 0.6 is 12.2 Å². The molecule has 2 aromatic rings. The first kappa shape index (κ1) is 13.2. The quantitative estimate of drug-likeness (QED) is 0.846. The number of benzene rings is 2. The van der Waals surface area contributed by atoms with Crippen LogP contribution in [0.15, 0.2) is 48.5 Å². The molecule has 96 valence electrons. The zero-order valence-corrected chi connectivity index (χ0v) is 10.7. The number of thiocarbonyl (C=S) groups is 1. The van der Waals surface area contributed by atoms with E-state index in [-0.39, 0.29) is 10.9 Å². The minimum atomic E-state index is -0.401. The van der Waals surface area contributed by atoms with Gasteiger partial charge in [0.1, 0.15) is 10.8 Å². The number of hydrogen-bond donors (Lipinski definition) is 2. The third kappa shape index (κ3) is 3.35. The topological polar surface area (TPSA) is 55.1 Å². The summed E-state index contributed by atoms with van der Waals surface area (Å²) in [6, 6.07) is 12.3. The van der Waals surface area contributed by atoms with E-state index in [1.807, 2.05) is 0 Å². The Morgan fingerprint density at radius 3 is 2.32 bits per heavy atom. The minimum Gasteiger partial charge on any atom is -0.389 e. The van der Waals surface area contributed by atoms with Gasteiger partial charge in [-0.25, -0.2) is 4.39 Å². The SMILES string of the molecule is NC(=S)c1ccc(C(=O)Nc2cccc(F)c2)cc1. The molecule has 0 atom stereocenters. The Morgan fingerprint density at radius 1 is 1.11 bits per heavy atom. The number of amides is 1. The molecule has 2 rings (SSSR count). The maximum atomic E-state index is 13.0. The Kier molecular flexibility index (Phi) is 3.87. The van der Waals surface area contributed by atoms with Crippen molar-refractivity contribution in [3.05, 3.63) is 65.5 Å². The van der Waals surface area contributed by atoms with Crippen molar-refractivity contribution >= 4 is 28.8 Å². The highest BCUT2D eigenvalue weighted by atomic mass is 32.1. The van der Waals surface area contributed by atoms with Gasteiger partial charge in [0.15, 0.2) is 0 Å². The number of carbonyl (C=O) groups is 1. The summed E-state index contributed by atoms with van der Waals surface area (Å²) in [5.41, 5.74) is 7.02. The molecule has 0 heterocycles. The van der Waals surface area contributed by atoms with Crippen molar-refractivity contribution in [2.24, 2.45) is 5.73 Å². The van der Waals surface area contributed by atoms with Crippen LogP contribution in [0, 0.1) is 5.82 Å². The predicted molar refractivity (Wildman–Crippen MR) is 76.7 cm³/mol. The van der Waals surface area contributed by atoms with Crippen LogP contribution in [-0.2, 0) is 0 Å². The number of anilines is 1. The van der Waals surface area contributed by atoms with Crippen LogP contribution in [0.1, 0.15) is 15.9 Å². The first-order valence-electron chi connectivity index (χ1n) is 5.53. The van der Waals surface area contributed by atoms with Crippen LogP contribution < -0.4 is 11.1 Å². The highest BCUT2D eigenvalue weighted by molar-refractivity contribution is 7.80. The Morgan fingerprint density at radius 2 is 1.74 bits per heavy atom. The molecule has 0 aromatic heterocycles. The fourth-order valence-electron chi connectivity index (χ4n) is 1.56. The van der Waals surface area contributed by atoms with E-state index in [0.717, 1.165) is 0 Å². The Balaban J connectivity index is 2.14. The van der Waals surface area contributed by atoms with Gasteiger partial charge in [-0.2, -0.15) is 0 Å². The van der Waals surface area contributed by atoms with E-state index < -0.39 is 5.82 Å². The number of rotatable bonds is 3. The van der Waals surface area contributed by atoms with Crippen molar-refractivity contribution in [3.63, 3.8) is 0 Å². The molecule has 0 fully saturated rings. The summed E-state index contributed by atoms with van der Waals surface area (Å²) < 4.78 is 13.0. The van der Waals surface area contributed by atoms with Gasteiger partial charge in [0, 0.05) is 16.8 Å². The monoisotopic (exact) mass is 274 g/mol. The third-order valence-electron chi connectivity index (χ3n) is 2.51. The maximum absolute atomic E-state index is 13.0. The molecule has 3 N–H and O–H groups in total. The van der Waals surface area contributed by atoms with Gasteiger partial charge < -0.3 is 11.1 Å². The molecule has 0 saturated heterocycles. The second-order valence-electron chi connectivity index (χ2n) is 3.91. The first-order valence-corrected chi connectivity index (χ1v) is 5.94. The molecule has 0 spiro atoms. The van der Waals surface area contributed by atoms with Crippen LogP contribution in [0.2, 0.25) is 0 Å². The van der Waals surface area contributed by atoms with Crippen LogP contribution in [-0.4, -0.2) is 10.9 Å². The first-order chi connectivity index (χ1) is 9.06. The molecule has 0 bridgehead atoms. The van der Waals surface area contributed by atoms with Gasteiger partial charge in [-0.05, 0) is 30.3 Å². The van der Waals surface area contributed by atoms with Gasteiger partial charge in [-0.15, -0.1) is 0 Å². The van der Waals surface area contributed by atoms with Crippen molar-refractivity contribution in [2.75, 3.05) is 5.32 Å². The fourth-order valence-corrected chi connectivity index (χ4v) is 1.69. The van der Waals surface area contributed by atoms with Crippen molar-refractivity contribution < 1.29 is 9.18 Å². The Bertz CT molecular complexity index is 626.